The van der Waals surface area contributed by atoms with Gasteiger partial charge in [-0.05, 0) is 37.8 Å². The standard InChI is InChI=1S/C30H44N2O8/c1-16-10-9-11-17(2)29(35)32-23-15-21(33)14-22(25(23)34)27(38-7)20(5)13-24(37-6)28(39-8)19(4)12-18(3)26(16)40-30(31)36/h9-12,14-16,19-20,24,26-28,33-34H,13H2,1-8H3,(H2,31,36)(H,32,35)/b10-9-,17-11+,18-12+/t16-,19-,20-,24-,26+,27+,28?/m0/s1. The molecule has 2 bridgehead atoms. The van der Waals surface area contributed by atoms with Gasteiger partial charge in [0, 0.05) is 50.4 Å². The molecule has 1 aliphatic rings. The number of rotatable bonds is 4. The van der Waals surface area contributed by atoms with Crippen molar-refractivity contribution in [3.63, 3.8) is 0 Å². The van der Waals surface area contributed by atoms with E-state index in [0.717, 1.165) is 5.57 Å². The second-order valence-electron chi connectivity index (χ2n) is 10.5. The molecule has 222 valence electrons. The maximum atomic E-state index is 12.9. The fourth-order valence-electron chi connectivity index (χ4n) is 5.30. The summed E-state index contributed by atoms with van der Waals surface area (Å²) in [7, 11) is 4.73. The molecule has 7 atom stereocenters. The Balaban J connectivity index is 2.67. The van der Waals surface area contributed by atoms with Crippen molar-refractivity contribution in [1.82, 2.24) is 0 Å². The highest BCUT2D eigenvalue weighted by Gasteiger charge is 2.33. The maximum absolute atomic E-state index is 12.9. The van der Waals surface area contributed by atoms with Gasteiger partial charge in [0.05, 0.1) is 24.0 Å². The molecule has 1 unspecified atom stereocenters. The molecule has 1 aromatic carbocycles. The van der Waals surface area contributed by atoms with Crippen LogP contribution in [0.1, 0.15) is 52.7 Å². The van der Waals surface area contributed by atoms with Crippen LogP contribution < -0.4 is 11.1 Å². The van der Waals surface area contributed by atoms with Crippen molar-refractivity contribution in [3.05, 3.63) is 53.1 Å². The molecule has 0 radical (unpaired) electrons. The molecule has 0 saturated carbocycles. The van der Waals surface area contributed by atoms with Gasteiger partial charge >= 0.3 is 6.09 Å². The Morgan fingerprint density at radius 2 is 1.68 bits per heavy atom. The summed E-state index contributed by atoms with van der Waals surface area (Å²) in [6.45, 7) is 9.30. The third kappa shape index (κ3) is 8.33. The van der Waals surface area contributed by atoms with Gasteiger partial charge in [0.1, 0.15) is 17.6 Å². The second-order valence-corrected chi connectivity index (χ2v) is 10.5. The summed E-state index contributed by atoms with van der Waals surface area (Å²) in [4.78, 5) is 24.6. The molecule has 40 heavy (non-hydrogen) atoms. The van der Waals surface area contributed by atoms with Gasteiger partial charge in [0.2, 0.25) is 0 Å². The van der Waals surface area contributed by atoms with Gasteiger partial charge < -0.3 is 40.2 Å². The smallest absolute Gasteiger partial charge is 0.405 e. The Morgan fingerprint density at radius 1 is 1.00 bits per heavy atom. The number of amides is 2. The van der Waals surface area contributed by atoms with Gasteiger partial charge in [-0.3, -0.25) is 4.79 Å². The third-order valence-corrected chi connectivity index (χ3v) is 7.33. The molecular weight excluding hydrogens is 516 g/mol. The zero-order valence-corrected chi connectivity index (χ0v) is 24.6. The monoisotopic (exact) mass is 560 g/mol. The van der Waals surface area contributed by atoms with Gasteiger partial charge in [-0.1, -0.05) is 45.1 Å². The fraction of sp³-hybridized carbons (Fsp3) is 0.533. The summed E-state index contributed by atoms with van der Waals surface area (Å²) in [5.41, 5.74) is 6.91. The van der Waals surface area contributed by atoms with Crippen molar-refractivity contribution in [2.24, 2.45) is 23.5 Å². The maximum Gasteiger partial charge on any atom is 0.405 e. The van der Waals surface area contributed by atoms with Crippen LogP contribution in [-0.4, -0.2) is 61.9 Å². The Labute approximate surface area is 236 Å². The first-order chi connectivity index (χ1) is 18.8. The molecule has 0 saturated heterocycles. The summed E-state index contributed by atoms with van der Waals surface area (Å²) in [5.74, 6) is -1.43. The van der Waals surface area contributed by atoms with Crippen LogP contribution in [0.25, 0.3) is 0 Å². The van der Waals surface area contributed by atoms with Crippen LogP contribution in [0.3, 0.4) is 0 Å². The van der Waals surface area contributed by atoms with Crippen LogP contribution in [0.5, 0.6) is 11.5 Å². The first-order valence-corrected chi connectivity index (χ1v) is 13.3. The summed E-state index contributed by atoms with van der Waals surface area (Å²) >= 11 is 0. The predicted octanol–water partition coefficient (Wildman–Crippen LogP) is 4.98. The number of primary amides is 1. The van der Waals surface area contributed by atoms with Crippen molar-refractivity contribution in [3.8, 4) is 11.5 Å². The number of allylic oxidation sites excluding steroid dienone is 2. The zero-order valence-electron chi connectivity index (χ0n) is 24.6. The van der Waals surface area contributed by atoms with Crippen LogP contribution in [0.15, 0.2) is 47.6 Å². The van der Waals surface area contributed by atoms with E-state index in [9.17, 15) is 19.8 Å². The molecule has 10 heteroatoms. The molecule has 2 amide bonds. The summed E-state index contributed by atoms with van der Waals surface area (Å²) in [6, 6.07) is 2.71. The molecule has 0 aliphatic carbocycles. The number of methoxy groups -OCH3 is 3. The lowest BCUT2D eigenvalue weighted by Crippen LogP contribution is -2.37. The molecule has 1 aliphatic heterocycles. The molecule has 1 aromatic rings. The van der Waals surface area contributed by atoms with E-state index in [-0.39, 0.29) is 47.1 Å². The number of nitrogens with two attached hydrogens (primary N) is 1. The summed E-state index contributed by atoms with van der Waals surface area (Å²) in [5, 5.41) is 24.2. The number of benzene rings is 1. The normalized spacial score (nSPS) is 32.2. The number of aromatic hydroxyl groups is 2. The molecule has 0 fully saturated rings. The average Bonchev–Trinajstić information content (AvgIpc) is 2.88. The van der Waals surface area contributed by atoms with E-state index in [1.54, 1.807) is 39.4 Å². The van der Waals surface area contributed by atoms with E-state index in [2.05, 4.69) is 5.32 Å². The van der Waals surface area contributed by atoms with E-state index < -0.39 is 24.2 Å². The van der Waals surface area contributed by atoms with E-state index in [4.69, 9.17) is 24.7 Å². The van der Waals surface area contributed by atoms with Crippen LogP contribution in [0.4, 0.5) is 10.5 Å². The minimum absolute atomic E-state index is 0.0543. The fourth-order valence-corrected chi connectivity index (χ4v) is 5.30. The summed E-state index contributed by atoms with van der Waals surface area (Å²) < 4.78 is 23.0. The number of ether oxygens (including phenoxy) is 4. The van der Waals surface area contributed by atoms with Crippen molar-refractivity contribution in [1.29, 1.82) is 0 Å². The Morgan fingerprint density at radius 3 is 2.25 bits per heavy atom. The molecule has 0 aromatic heterocycles. The van der Waals surface area contributed by atoms with Crippen molar-refractivity contribution < 1.29 is 38.7 Å². The number of carbonyl (C=O) groups is 2. The lowest BCUT2D eigenvalue weighted by Gasteiger charge is -2.33. The van der Waals surface area contributed by atoms with Crippen molar-refractivity contribution >= 4 is 17.7 Å². The highest BCUT2D eigenvalue weighted by atomic mass is 16.6. The molecule has 5 N–H and O–H groups in total. The molecule has 1 heterocycles. The zero-order chi connectivity index (χ0) is 30.1. The number of phenolic OH excluding ortho intramolecular Hbond substituents is 2. The predicted molar refractivity (Wildman–Crippen MR) is 153 cm³/mol. The van der Waals surface area contributed by atoms with Gasteiger partial charge in [0.15, 0.2) is 0 Å². The molecule has 10 nitrogen and oxygen atoms in total. The Bertz CT molecular complexity index is 1130. The number of fused-ring (bicyclic) bond motifs is 2. The van der Waals surface area contributed by atoms with Gasteiger partial charge in [-0.2, -0.15) is 0 Å². The number of hydrogen-bond acceptors (Lipinski definition) is 8. The number of hydrogen-bond donors (Lipinski definition) is 4. The van der Waals surface area contributed by atoms with Crippen LogP contribution >= 0.6 is 0 Å². The lowest BCUT2D eigenvalue weighted by atomic mass is 9.86. The number of anilines is 1. The van der Waals surface area contributed by atoms with Gasteiger partial charge in [-0.25, -0.2) is 4.79 Å². The van der Waals surface area contributed by atoms with E-state index in [1.165, 1.54) is 19.2 Å². The lowest BCUT2D eigenvalue weighted by molar-refractivity contribution is -0.112. The van der Waals surface area contributed by atoms with Crippen molar-refractivity contribution in [2.75, 3.05) is 26.6 Å². The molecule has 0 spiro atoms. The van der Waals surface area contributed by atoms with Gasteiger partial charge in [0.25, 0.3) is 5.91 Å². The largest absolute Gasteiger partial charge is 0.508 e. The summed E-state index contributed by atoms with van der Waals surface area (Å²) in [6.07, 6.45) is 4.64. The van der Waals surface area contributed by atoms with Crippen LogP contribution in [-0.2, 0) is 23.7 Å². The van der Waals surface area contributed by atoms with E-state index >= 15 is 0 Å². The van der Waals surface area contributed by atoms with E-state index in [1.807, 2.05) is 33.8 Å². The SMILES string of the molecule is COC1[C@@H](OC)C[C@H](C)[C@@H](OC)c2cc(O)cc(c2O)NC(=O)/C(C)=C/C=C\[C@H](C)[C@@H](OC(N)=O)/C(C)=C/[C@@H]1C. The van der Waals surface area contributed by atoms with Crippen LogP contribution in [0.2, 0.25) is 0 Å². The third-order valence-electron chi connectivity index (χ3n) is 7.33. The first-order valence-electron chi connectivity index (χ1n) is 13.3. The highest BCUT2D eigenvalue weighted by molar-refractivity contribution is 6.04. The number of phenols is 2. The molecular formula is C30H44N2O8. The van der Waals surface area contributed by atoms with Crippen molar-refractivity contribution in [2.45, 2.75) is 65.5 Å². The number of nitrogens with one attached hydrogen (secondary N) is 1. The quantitative estimate of drug-likeness (QED) is 0.229. The highest BCUT2D eigenvalue weighted by Crippen LogP contribution is 2.42. The first kappa shape index (κ1) is 32.9. The van der Waals surface area contributed by atoms with Gasteiger partial charge in [-0.15, -0.1) is 0 Å². The average molecular weight is 561 g/mol. The molecule has 2 rings (SSSR count). The Kier molecular flexibility index (Phi) is 12.2. The Hall–Kier alpha value is -3.34. The minimum Gasteiger partial charge on any atom is -0.508 e. The topological polar surface area (TPSA) is 150 Å². The van der Waals surface area contributed by atoms with Crippen LogP contribution in [0, 0.1) is 17.8 Å². The minimum atomic E-state index is -0.891. The number of carbonyl (C=O) groups excluding carboxylic acids is 2. The van der Waals surface area contributed by atoms with E-state index in [0.29, 0.717) is 17.6 Å². The second kappa shape index (κ2) is 14.9.